The Morgan fingerprint density at radius 2 is 2.00 bits per heavy atom. The first-order valence-electron chi connectivity index (χ1n) is 7.31. The Labute approximate surface area is 125 Å². The summed E-state index contributed by atoms with van der Waals surface area (Å²) in [4.78, 5) is 10.5. The summed E-state index contributed by atoms with van der Waals surface area (Å²) in [6.07, 6.45) is 6.86. The summed E-state index contributed by atoms with van der Waals surface area (Å²) in [5, 5.41) is 19.0. The fraction of sp³-hybridized carbons (Fsp3) is 0.389. The maximum atomic E-state index is 10.5. The van der Waals surface area contributed by atoms with E-state index in [9.17, 15) is 9.90 Å². The number of fused-ring (bicyclic) bond motifs is 1. The van der Waals surface area contributed by atoms with Gasteiger partial charge in [-0.3, -0.25) is 0 Å². The number of aliphatic hydroxyl groups is 1. The van der Waals surface area contributed by atoms with E-state index in [0.29, 0.717) is 5.92 Å². The standard InChI is InChI=1S/C18H22O3/c1-11-8-9-15-17(12(2)10-13(3)18(15)21)14(11)6-4-5-7-16(19)20/h4-9,12-13,18,21H,10H2,1-3H3,(H,19,20)/b6-4+,7-5+/t12-,13+,18-/m1/s1. The first-order valence-corrected chi connectivity index (χ1v) is 7.31. The van der Waals surface area contributed by atoms with E-state index in [-0.39, 0.29) is 5.92 Å². The molecule has 3 nitrogen and oxygen atoms in total. The smallest absolute Gasteiger partial charge is 0.328 e. The zero-order chi connectivity index (χ0) is 15.6. The number of carbonyl (C=O) groups is 1. The topological polar surface area (TPSA) is 57.5 Å². The lowest BCUT2D eigenvalue weighted by Crippen LogP contribution is -2.21. The minimum atomic E-state index is -0.955. The predicted octanol–water partition coefficient (Wildman–Crippen LogP) is 3.83. The Bertz CT molecular complexity index is 599. The average molecular weight is 286 g/mol. The van der Waals surface area contributed by atoms with Crippen LogP contribution in [0.1, 0.15) is 54.5 Å². The molecular formula is C18H22O3. The van der Waals surface area contributed by atoms with Gasteiger partial charge in [-0.05, 0) is 47.4 Å². The molecule has 0 unspecified atom stereocenters. The van der Waals surface area contributed by atoms with Gasteiger partial charge in [-0.15, -0.1) is 0 Å². The Kier molecular flexibility index (Phi) is 4.63. The first kappa shape index (κ1) is 15.5. The molecule has 3 atom stereocenters. The molecule has 1 aromatic carbocycles. The fourth-order valence-corrected chi connectivity index (χ4v) is 3.19. The molecule has 0 radical (unpaired) electrons. The van der Waals surface area contributed by atoms with Crippen LogP contribution < -0.4 is 0 Å². The Morgan fingerprint density at radius 3 is 2.67 bits per heavy atom. The van der Waals surface area contributed by atoms with Crippen LogP contribution in [-0.2, 0) is 4.79 Å². The van der Waals surface area contributed by atoms with E-state index in [1.165, 1.54) is 11.6 Å². The number of carboxylic acids is 1. The molecule has 0 bridgehead atoms. The highest BCUT2D eigenvalue weighted by atomic mass is 16.4. The van der Waals surface area contributed by atoms with Gasteiger partial charge in [-0.2, -0.15) is 0 Å². The second-order valence-corrected chi connectivity index (χ2v) is 5.91. The summed E-state index contributed by atoms with van der Waals surface area (Å²) in [5.41, 5.74) is 4.44. The van der Waals surface area contributed by atoms with Crippen LogP contribution in [0.2, 0.25) is 0 Å². The van der Waals surface area contributed by atoms with Crippen LogP contribution in [0.3, 0.4) is 0 Å². The van der Waals surface area contributed by atoms with Crippen LogP contribution in [-0.4, -0.2) is 16.2 Å². The lowest BCUT2D eigenvalue weighted by molar-refractivity contribution is -0.131. The molecule has 0 spiro atoms. The minimum absolute atomic E-state index is 0.263. The Balaban J connectivity index is 2.45. The van der Waals surface area contributed by atoms with E-state index < -0.39 is 12.1 Å². The number of rotatable bonds is 3. The zero-order valence-electron chi connectivity index (χ0n) is 12.7. The van der Waals surface area contributed by atoms with Crippen molar-refractivity contribution in [2.45, 2.75) is 39.2 Å². The van der Waals surface area contributed by atoms with Gasteiger partial charge in [-0.1, -0.05) is 44.2 Å². The van der Waals surface area contributed by atoms with Crippen molar-refractivity contribution in [2.75, 3.05) is 0 Å². The van der Waals surface area contributed by atoms with Gasteiger partial charge in [0.05, 0.1) is 6.10 Å². The van der Waals surface area contributed by atoms with Gasteiger partial charge in [0.2, 0.25) is 0 Å². The van der Waals surface area contributed by atoms with Crippen LogP contribution in [0, 0.1) is 12.8 Å². The molecule has 112 valence electrons. The van der Waals surface area contributed by atoms with Crippen molar-refractivity contribution in [1.29, 1.82) is 0 Å². The van der Waals surface area contributed by atoms with E-state index in [1.54, 1.807) is 6.08 Å². The monoisotopic (exact) mass is 286 g/mol. The van der Waals surface area contributed by atoms with E-state index in [1.807, 2.05) is 25.1 Å². The third-order valence-corrected chi connectivity index (χ3v) is 4.23. The summed E-state index contributed by atoms with van der Waals surface area (Å²) in [5.74, 6) is -0.301. The van der Waals surface area contributed by atoms with Crippen LogP contribution in [0.25, 0.3) is 6.08 Å². The summed E-state index contributed by atoms with van der Waals surface area (Å²) in [7, 11) is 0. The lowest BCUT2D eigenvalue weighted by atomic mass is 9.74. The number of hydrogen-bond donors (Lipinski definition) is 2. The van der Waals surface area contributed by atoms with E-state index >= 15 is 0 Å². The van der Waals surface area contributed by atoms with Gasteiger partial charge in [0.25, 0.3) is 0 Å². The van der Waals surface area contributed by atoms with Gasteiger partial charge < -0.3 is 10.2 Å². The van der Waals surface area contributed by atoms with Crippen LogP contribution in [0.4, 0.5) is 0 Å². The molecule has 0 saturated heterocycles. The number of carboxylic acid groups (broad SMARTS) is 1. The molecule has 1 aromatic rings. The molecule has 0 fully saturated rings. The van der Waals surface area contributed by atoms with Gasteiger partial charge in [-0.25, -0.2) is 4.79 Å². The SMILES string of the molecule is Cc1ccc2c(c1/C=C/C=C/C(=O)O)[C@H](C)C[C@H](C)[C@H]2O. The number of aliphatic hydroxyl groups excluding tert-OH is 1. The molecule has 21 heavy (non-hydrogen) atoms. The summed E-state index contributed by atoms with van der Waals surface area (Å²) < 4.78 is 0. The van der Waals surface area contributed by atoms with Crippen molar-refractivity contribution in [1.82, 2.24) is 0 Å². The maximum absolute atomic E-state index is 10.5. The second-order valence-electron chi connectivity index (χ2n) is 5.91. The highest BCUT2D eigenvalue weighted by Gasteiger charge is 2.30. The Hall–Kier alpha value is -1.87. The van der Waals surface area contributed by atoms with Gasteiger partial charge >= 0.3 is 5.97 Å². The number of allylic oxidation sites excluding steroid dienone is 2. The quantitative estimate of drug-likeness (QED) is 0.656. The predicted molar refractivity (Wildman–Crippen MR) is 84.1 cm³/mol. The third kappa shape index (κ3) is 3.24. The highest BCUT2D eigenvalue weighted by Crippen LogP contribution is 2.43. The molecule has 0 aromatic heterocycles. The van der Waals surface area contributed by atoms with E-state index in [0.717, 1.165) is 29.2 Å². The number of hydrogen-bond acceptors (Lipinski definition) is 2. The largest absolute Gasteiger partial charge is 0.478 e. The molecule has 3 heteroatoms. The zero-order valence-corrected chi connectivity index (χ0v) is 12.7. The normalized spacial score (nSPS) is 25.4. The van der Waals surface area contributed by atoms with Crippen molar-refractivity contribution >= 4 is 12.0 Å². The van der Waals surface area contributed by atoms with Gasteiger partial charge in [0.15, 0.2) is 0 Å². The molecule has 0 amide bonds. The van der Waals surface area contributed by atoms with Crippen LogP contribution >= 0.6 is 0 Å². The maximum Gasteiger partial charge on any atom is 0.328 e. The fourth-order valence-electron chi connectivity index (χ4n) is 3.19. The number of benzene rings is 1. The molecule has 2 N–H and O–H groups in total. The molecule has 1 aliphatic rings. The summed E-state index contributed by atoms with van der Waals surface area (Å²) >= 11 is 0. The molecular weight excluding hydrogens is 264 g/mol. The van der Waals surface area contributed by atoms with Gasteiger partial charge in [0.1, 0.15) is 0 Å². The van der Waals surface area contributed by atoms with E-state index in [2.05, 4.69) is 13.8 Å². The van der Waals surface area contributed by atoms with Crippen LogP contribution in [0.15, 0.2) is 30.4 Å². The van der Waals surface area contributed by atoms with Crippen LogP contribution in [0.5, 0.6) is 0 Å². The van der Waals surface area contributed by atoms with Crippen molar-refractivity contribution in [3.8, 4) is 0 Å². The molecule has 0 heterocycles. The number of aryl methyl sites for hydroxylation is 1. The minimum Gasteiger partial charge on any atom is -0.478 e. The molecule has 1 aliphatic carbocycles. The molecule has 0 saturated carbocycles. The summed E-state index contributed by atoms with van der Waals surface area (Å²) in [6, 6.07) is 4.04. The first-order chi connectivity index (χ1) is 9.91. The third-order valence-electron chi connectivity index (χ3n) is 4.23. The molecule has 2 rings (SSSR count). The lowest BCUT2D eigenvalue weighted by Gasteiger charge is -2.33. The van der Waals surface area contributed by atoms with Crippen molar-refractivity contribution in [2.24, 2.45) is 5.92 Å². The average Bonchev–Trinajstić information content (AvgIpc) is 2.42. The Morgan fingerprint density at radius 1 is 1.29 bits per heavy atom. The number of aliphatic carboxylic acids is 1. The molecule has 0 aliphatic heterocycles. The van der Waals surface area contributed by atoms with E-state index in [4.69, 9.17) is 5.11 Å². The second kappa shape index (κ2) is 6.27. The van der Waals surface area contributed by atoms with Crippen molar-refractivity contribution in [3.63, 3.8) is 0 Å². The summed E-state index contributed by atoms with van der Waals surface area (Å²) in [6.45, 7) is 6.30. The van der Waals surface area contributed by atoms with Gasteiger partial charge in [0, 0.05) is 6.08 Å². The van der Waals surface area contributed by atoms with Crippen molar-refractivity contribution in [3.05, 3.63) is 52.6 Å². The highest BCUT2D eigenvalue weighted by molar-refractivity contribution is 5.80. The van der Waals surface area contributed by atoms with Crippen molar-refractivity contribution < 1.29 is 15.0 Å².